The first-order valence-electron chi connectivity index (χ1n) is 7.27. The van der Waals surface area contributed by atoms with Crippen LogP contribution in [0.1, 0.15) is 15.9 Å². The minimum absolute atomic E-state index is 0.165. The first kappa shape index (κ1) is 14.0. The van der Waals surface area contributed by atoms with Crippen LogP contribution in [-0.2, 0) is 0 Å². The first-order chi connectivity index (χ1) is 11.2. The summed E-state index contributed by atoms with van der Waals surface area (Å²) in [6.45, 7) is 3.08. The van der Waals surface area contributed by atoms with Gasteiger partial charge in [-0.15, -0.1) is 0 Å². The summed E-state index contributed by atoms with van der Waals surface area (Å²) < 4.78 is 12.1. The topological polar surface area (TPSA) is 60.5 Å². The van der Waals surface area contributed by atoms with Crippen molar-refractivity contribution in [3.63, 3.8) is 0 Å². The Morgan fingerprint density at radius 1 is 1.13 bits per heavy atom. The third-order valence-electron chi connectivity index (χ3n) is 3.59. The molecule has 3 aromatic rings. The Balaban J connectivity index is 1.61. The van der Waals surface area contributed by atoms with Crippen molar-refractivity contribution in [1.29, 1.82) is 0 Å². The van der Waals surface area contributed by atoms with Crippen LogP contribution in [0.3, 0.4) is 0 Å². The second-order valence-corrected chi connectivity index (χ2v) is 6.33. The lowest BCUT2D eigenvalue weighted by Gasteiger charge is -2.17. The Kier molecular flexibility index (Phi) is 3.38. The van der Waals surface area contributed by atoms with E-state index in [1.807, 2.05) is 31.2 Å². The minimum Gasteiger partial charge on any atom is -0.486 e. The molecule has 5 nitrogen and oxygen atoms in total. The van der Waals surface area contributed by atoms with Crippen molar-refractivity contribution >= 4 is 32.6 Å². The number of benzene rings is 2. The summed E-state index contributed by atoms with van der Waals surface area (Å²) in [7, 11) is 0. The Labute approximate surface area is 136 Å². The molecule has 1 aliphatic heterocycles. The van der Waals surface area contributed by atoms with E-state index in [-0.39, 0.29) is 5.91 Å². The number of carbonyl (C=O) groups is 1. The van der Waals surface area contributed by atoms with E-state index in [0.717, 1.165) is 21.5 Å². The van der Waals surface area contributed by atoms with Gasteiger partial charge in [-0.3, -0.25) is 10.1 Å². The van der Waals surface area contributed by atoms with Crippen LogP contribution in [0.15, 0.2) is 36.4 Å². The van der Waals surface area contributed by atoms with Crippen LogP contribution < -0.4 is 14.8 Å². The highest BCUT2D eigenvalue weighted by Crippen LogP contribution is 2.37. The lowest BCUT2D eigenvalue weighted by Crippen LogP contribution is -2.15. The van der Waals surface area contributed by atoms with Gasteiger partial charge in [0, 0.05) is 17.7 Å². The smallest absolute Gasteiger partial charge is 0.257 e. The number of rotatable bonds is 2. The van der Waals surface area contributed by atoms with Gasteiger partial charge >= 0.3 is 0 Å². The molecule has 23 heavy (non-hydrogen) atoms. The van der Waals surface area contributed by atoms with Crippen molar-refractivity contribution in [3.8, 4) is 11.5 Å². The van der Waals surface area contributed by atoms with Crippen molar-refractivity contribution in [2.45, 2.75) is 6.92 Å². The van der Waals surface area contributed by atoms with Crippen molar-refractivity contribution in [2.75, 3.05) is 18.5 Å². The van der Waals surface area contributed by atoms with E-state index in [9.17, 15) is 4.79 Å². The SMILES string of the molecule is Cc1ccc(C(=O)Nc2nc3cc4c(cc3s2)OCCO4)cc1. The zero-order valence-electron chi connectivity index (χ0n) is 12.5. The van der Waals surface area contributed by atoms with Crippen LogP contribution in [0.2, 0.25) is 0 Å². The summed E-state index contributed by atoms with van der Waals surface area (Å²) in [5.74, 6) is 1.26. The van der Waals surface area contributed by atoms with Crippen molar-refractivity contribution < 1.29 is 14.3 Å². The molecule has 2 heterocycles. The minimum atomic E-state index is -0.165. The molecular formula is C17H14N2O3S. The molecule has 1 N–H and O–H groups in total. The van der Waals surface area contributed by atoms with Gasteiger partial charge in [0.25, 0.3) is 5.91 Å². The molecule has 1 aliphatic rings. The molecule has 0 radical (unpaired) electrons. The number of carbonyl (C=O) groups excluding carboxylic acids is 1. The average Bonchev–Trinajstić information content (AvgIpc) is 2.94. The van der Waals surface area contributed by atoms with Gasteiger partial charge in [-0.1, -0.05) is 29.0 Å². The number of aromatic nitrogens is 1. The highest BCUT2D eigenvalue weighted by atomic mass is 32.1. The molecule has 0 unspecified atom stereocenters. The molecular weight excluding hydrogens is 312 g/mol. The van der Waals surface area contributed by atoms with E-state index in [1.165, 1.54) is 11.3 Å². The molecule has 0 saturated heterocycles. The van der Waals surface area contributed by atoms with Gasteiger partial charge < -0.3 is 9.47 Å². The Hall–Kier alpha value is -2.60. The van der Waals surface area contributed by atoms with Gasteiger partial charge in [0.1, 0.15) is 13.2 Å². The number of anilines is 1. The van der Waals surface area contributed by atoms with Crippen LogP contribution in [0.4, 0.5) is 5.13 Å². The third kappa shape index (κ3) is 2.73. The number of aryl methyl sites for hydroxylation is 1. The maximum atomic E-state index is 12.3. The molecule has 0 aliphatic carbocycles. The molecule has 0 bridgehead atoms. The number of ether oxygens (including phenoxy) is 2. The average molecular weight is 326 g/mol. The fraction of sp³-hybridized carbons (Fsp3) is 0.176. The summed E-state index contributed by atoms with van der Waals surface area (Å²) >= 11 is 1.42. The monoisotopic (exact) mass is 326 g/mol. The van der Waals surface area contributed by atoms with E-state index in [1.54, 1.807) is 12.1 Å². The van der Waals surface area contributed by atoms with Crippen molar-refractivity contribution in [1.82, 2.24) is 4.98 Å². The molecule has 2 aromatic carbocycles. The van der Waals surface area contributed by atoms with E-state index in [2.05, 4.69) is 10.3 Å². The fourth-order valence-corrected chi connectivity index (χ4v) is 3.26. The predicted molar refractivity (Wildman–Crippen MR) is 89.7 cm³/mol. The van der Waals surface area contributed by atoms with Crippen LogP contribution in [0, 0.1) is 6.92 Å². The molecule has 6 heteroatoms. The Morgan fingerprint density at radius 3 is 2.57 bits per heavy atom. The largest absolute Gasteiger partial charge is 0.486 e. The Bertz CT molecular complexity index is 844. The maximum absolute atomic E-state index is 12.3. The summed E-state index contributed by atoms with van der Waals surface area (Å²) in [6.07, 6.45) is 0. The molecule has 116 valence electrons. The standard InChI is InChI=1S/C17H14N2O3S/c1-10-2-4-11(5-3-10)16(20)19-17-18-12-8-13-14(9-15(12)23-17)22-7-6-21-13/h2-5,8-9H,6-7H2,1H3,(H,18,19,20). The quantitative estimate of drug-likeness (QED) is 0.781. The first-order valence-corrected chi connectivity index (χ1v) is 8.09. The second-order valence-electron chi connectivity index (χ2n) is 5.30. The number of thiazole rings is 1. The summed E-state index contributed by atoms with van der Waals surface area (Å²) in [6, 6.07) is 11.2. The molecule has 0 fully saturated rings. The lowest BCUT2D eigenvalue weighted by atomic mass is 10.1. The van der Waals surface area contributed by atoms with Gasteiger partial charge in [-0.25, -0.2) is 4.98 Å². The zero-order valence-corrected chi connectivity index (χ0v) is 13.3. The maximum Gasteiger partial charge on any atom is 0.257 e. The van der Waals surface area contributed by atoms with Crippen LogP contribution in [-0.4, -0.2) is 24.1 Å². The Morgan fingerprint density at radius 2 is 1.83 bits per heavy atom. The highest BCUT2D eigenvalue weighted by molar-refractivity contribution is 7.22. The fourth-order valence-electron chi connectivity index (χ4n) is 2.39. The van der Waals surface area contributed by atoms with Gasteiger partial charge in [-0.05, 0) is 19.1 Å². The predicted octanol–water partition coefficient (Wildman–Crippen LogP) is 3.63. The van der Waals surface area contributed by atoms with Gasteiger partial charge in [0.15, 0.2) is 16.6 Å². The molecule has 1 amide bonds. The van der Waals surface area contributed by atoms with Crippen LogP contribution >= 0.6 is 11.3 Å². The summed E-state index contributed by atoms with van der Waals surface area (Å²) in [5, 5.41) is 3.41. The van der Waals surface area contributed by atoms with Crippen molar-refractivity contribution in [2.24, 2.45) is 0 Å². The summed E-state index contributed by atoms with van der Waals surface area (Å²) in [4.78, 5) is 16.7. The van der Waals surface area contributed by atoms with E-state index in [4.69, 9.17) is 9.47 Å². The number of amides is 1. The number of hydrogen-bond acceptors (Lipinski definition) is 5. The lowest BCUT2D eigenvalue weighted by molar-refractivity contribution is 0.102. The number of fused-ring (bicyclic) bond motifs is 2. The van der Waals surface area contributed by atoms with Gasteiger partial charge in [-0.2, -0.15) is 0 Å². The van der Waals surface area contributed by atoms with Gasteiger partial charge in [0.2, 0.25) is 0 Å². The van der Waals surface area contributed by atoms with E-state index in [0.29, 0.717) is 29.7 Å². The normalized spacial score (nSPS) is 13.1. The van der Waals surface area contributed by atoms with Crippen molar-refractivity contribution in [3.05, 3.63) is 47.5 Å². The third-order valence-corrected chi connectivity index (χ3v) is 4.52. The van der Waals surface area contributed by atoms with Crippen LogP contribution in [0.5, 0.6) is 11.5 Å². The van der Waals surface area contributed by atoms with Crippen LogP contribution in [0.25, 0.3) is 10.2 Å². The molecule has 0 saturated carbocycles. The van der Waals surface area contributed by atoms with E-state index >= 15 is 0 Å². The summed E-state index contributed by atoms with van der Waals surface area (Å²) in [5.41, 5.74) is 2.52. The molecule has 1 aromatic heterocycles. The highest BCUT2D eigenvalue weighted by Gasteiger charge is 2.16. The van der Waals surface area contributed by atoms with E-state index < -0.39 is 0 Å². The molecule has 0 atom stereocenters. The van der Waals surface area contributed by atoms with Gasteiger partial charge in [0.05, 0.1) is 10.2 Å². The molecule has 4 rings (SSSR count). The number of hydrogen-bond donors (Lipinski definition) is 1. The number of nitrogens with one attached hydrogen (secondary N) is 1. The number of nitrogens with zero attached hydrogens (tertiary/aromatic N) is 1. The second kappa shape index (κ2) is 5.55. The molecule has 0 spiro atoms. The zero-order chi connectivity index (χ0) is 15.8.